The number of hydrogen-bond donors (Lipinski definition) is 0. The lowest BCUT2D eigenvalue weighted by atomic mass is 10.2. The van der Waals surface area contributed by atoms with Gasteiger partial charge in [-0.2, -0.15) is 5.26 Å². The molecule has 0 N–H and O–H groups in total. The van der Waals surface area contributed by atoms with E-state index in [4.69, 9.17) is 5.26 Å². The van der Waals surface area contributed by atoms with E-state index in [1.54, 1.807) is 12.1 Å². The first-order valence-corrected chi connectivity index (χ1v) is 7.12. The van der Waals surface area contributed by atoms with Crippen molar-refractivity contribution >= 4 is 11.4 Å². The molecule has 112 valence electrons. The quantitative estimate of drug-likeness (QED) is 0.853. The number of halogens is 2. The Kier molecular flexibility index (Phi) is 3.92. The van der Waals surface area contributed by atoms with Crippen LogP contribution in [0.15, 0.2) is 42.5 Å². The molecule has 0 unspecified atom stereocenters. The number of rotatable bonds is 2. The standard InChI is InChI=1S/C17H15F2N3/c18-14-3-6-16(19)17(11-14)22-9-7-21(8-10-22)15-4-1-13(12-20)2-5-15/h1-6,11H,7-10H2. The van der Waals surface area contributed by atoms with Crippen LogP contribution in [0.4, 0.5) is 20.2 Å². The molecule has 2 aromatic carbocycles. The van der Waals surface area contributed by atoms with E-state index in [9.17, 15) is 8.78 Å². The highest BCUT2D eigenvalue weighted by Crippen LogP contribution is 2.24. The smallest absolute Gasteiger partial charge is 0.146 e. The van der Waals surface area contributed by atoms with Crippen molar-refractivity contribution in [1.82, 2.24) is 0 Å². The van der Waals surface area contributed by atoms with Gasteiger partial charge in [0, 0.05) is 37.9 Å². The van der Waals surface area contributed by atoms with Crippen molar-refractivity contribution in [3.05, 3.63) is 59.7 Å². The topological polar surface area (TPSA) is 30.3 Å². The van der Waals surface area contributed by atoms with Crippen LogP contribution >= 0.6 is 0 Å². The fourth-order valence-corrected chi connectivity index (χ4v) is 2.68. The van der Waals surface area contributed by atoms with Crippen molar-refractivity contribution in [2.75, 3.05) is 36.0 Å². The van der Waals surface area contributed by atoms with Crippen LogP contribution in [-0.2, 0) is 0 Å². The molecule has 22 heavy (non-hydrogen) atoms. The Bertz CT molecular complexity index is 699. The first-order valence-electron chi connectivity index (χ1n) is 7.12. The van der Waals surface area contributed by atoms with Gasteiger partial charge < -0.3 is 9.80 Å². The number of anilines is 2. The van der Waals surface area contributed by atoms with Crippen LogP contribution in [0.25, 0.3) is 0 Å². The molecule has 0 amide bonds. The summed E-state index contributed by atoms with van der Waals surface area (Å²) in [4.78, 5) is 4.04. The Morgan fingerprint density at radius 2 is 1.50 bits per heavy atom. The minimum Gasteiger partial charge on any atom is -0.368 e. The van der Waals surface area contributed by atoms with Crippen LogP contribution < -0.4 is 9.80 Å². The molecule has 1 saturated heterocycles. The Morgan fingerprint density at radius 3 is 2.14 bits per heavy atom. The van der Waals surface area contributed by atoms with Gasteiger partial charge in [-0.3, -0.25) is 0 Å². The van der Waals surface area contributed by atoms with Crippen LogP contribution in [0, 0.1) is 23.0 Å². The molecule has 0 atom stereocenters. The van der Waals surface area contributed by atoms with E-state index >= 15 is 0 Å². The zero-order valence-corrected chi connectivity index (χ0v) is 12.0. The molecule has 0 radical (unpaired) electrons. The summed E-state index contributed by atoms with van der Waals surface area (Å²) < 4.78 is 27.1. The third kappa shape index (κ3) is 2.86. The first kappa shape index (κ1) is 14.3. The predicted molar refractivity (Wildman–Crippen MR) is 81.9 cm³/mol. The lowest BCUT2D eigenvalue weighted by Gasteiger charge is -2.37. The van der Waals surface area contributed by atoms with E-state index < -0.39 is 11.6 Å². The summed E-state index contributed by atoms with van der Waals surface area (Å²) in [6.45, 7) is 2.70. The molecular weight excluding hydrogens is 284 g/mol. The van der Waals surface area contributed by atoms with Gasteiger partial charge in [-0.15, -0.1) is 0 Å². The molecule has 1 aliphatic rings. The van der Waals surface area contributed by atoms with Crippen molar-refractivity contribution in [2.45, 2.75) is 0 Å². The lowest BCUT2D eigenvalue weighted by molar-refractivity contribution is 0.580. The van der Waals surface area contributed by atoms with Gasteiger partial charge in [-0.1, -0.05) is 0 Å². The van der Waals surface area contributed by atoms with E-state index in [1.165, 1.54) is 6.07 Å². The molecule has 3 rings (SSSR count). The van der Waals surface area contributed by atoms with Gasteiger partial charge in [0.15, 0.2) is 0 Å². The van der Waals surface area contributed by atoms with E-state index in [1.807, 2.05) is 17.0 Å². The fourth-order valence-electron chi connectivity index (χ4n) is 2.68. The van der Waals surface area contributed by atoms with Crippen LogP contribution in [-0.4, -0.2) is 26.2 Å². The fraction of sp³-hybridized carbons (Fsp3) is 0.235. The van der Waals surface area contributed by atoms with Gasteiger partial charge in [0.1, 0.15) is 11.6 Å². The summed E-state index contributed by atoms with van der Waals surface area (Å²) >= 11 is 0. The second-order valence-corrected chi connectivity index (χ2v) is 5.23. The number of benzene rings is 2. The molecule has 0 aromatic heterocycles. The monoisotopic (exact) mass is 299 g/mol. The minimum absolute atomic E-state index is 0.319. The molecule has 3 nitrogen and oxygen atoms in total. The maximum Gasteiger partial charge on any atom is 0.146 e. The van der Waals surface area contributed by atoms with Crippen LogP contribution in [0.1, 0.15) is 5.56 Å². The van der Waals surface area contributed by atoms with Crippen molar-refractivity contribution in [3.8, 4) is 6.07 Å². The number of nitriles is 1. The summed E-state index contributed by atoms with van der Waals surface area (Å²) in [7, 11) is 0. The van der Waals surface area contributed by atoms with E-state index in [0.717, 1.165) is 30.9 Å². The molecule has 1 aliphatic heterocycles. The summed E-state index contributed by atoms with van der Waals surface area (Å²) in [5, 5.41) is 8.81. The van der Waals surface area contributed by atoms with Crippen molar-refractivity contribution in [2.24, 2.45) is 0 Å². The summed E-state index contributed by atoms with van der Waals surface area (Å²) in [5.41, 5.74) is 1.99. The Morgan fingerprint density at radius 1 is 0.864 bits per heavy atom. The molecular formula is C17H15F2N3. The molecule has 5 heteroatoms. The SMILES string of the molecule is N#Cc1ccc(N2CCN(c3cc(F)ccc3F)CC2)cc1. The second-order valence-electron chi connectivity index (χ2n) is 5.23. The van der Waals surface area contributed by atoms with Crippen molar-refractivity contribution in [1.29, 1.82) is 5.26 Å². The van der Waals surface area contributed by atoms with Crippen molar-refractivity contribution in [3.63, 3.8) is 0 Å². The highest BCUT2D eigenvalue weighted by atomic mass is 19.1. The van der Waals surface area contributed by atoms with Crippen LogP contribution in [0.5, 0.6) is 0 Å². The van der Waals surface area contributed by atoms with E-state index in [0.29, 0.717) is 24.3 Å². The molecule has 0 saturated carbocycles. The van der Waals surface area contributed by atoms with Gasteiger partial charge >= 0.3 is 0 Å². The first-order chi connectivity index (χ1) is 10.7. The molecule has 2 aromatic rings. The Balaban J connectivity index is 1.69. The summed E-state index contributed by atoms with van der Waals surface area (Å²) in [6.07, 6.45) is 0. The van der Waals surface area contributed by atoms with Crippen LogP contribution in [0.2, 0.25) is 0 Å². The summed E-state index contributed by atoms with van der Waals surface area (Å²) in [6, 6.07) is 13.0. The maximum absolute atomic E-state index is 13.8. The third-order valence-electron chi connectivity index (χ3n) is 3.89. The molecule has 1 heterocycles. The minimum atomic E-state index is -0.425. The zero-order valence-electron chi connectivity index (χ0n) is 12.0. The highest BCUT2D eigenvalue weighted by molar-refractivity contribution is 5.53. The van der Waals surface area contributed by atoms with Gasteiger partial charge in [-0.05, 0) is 36.4 Å². The average Bonchev–Trinajstić information content (AvgIpc) is 2.57. The van der Waals surface area contributed by atoms with Gasteiger partial charge in [0.2, 0.25) is 0 Å². The Hall–Kier alpha value is -2.61. The number of nitrogens with zero attached hydrogens (tertiary/aromatic N) is 3. The number of piperazine rings is 1. The van der Waals surface area contributed by atoms with Crippen molar-refractivity contribution < 1.29 is 8.78 Å². The van der Waals surface area contributed by atoms with Gasteiger partial charge in [0.25, 0.3) is 0 Å². The Labute approximate surface area is 128 Å². The number of hydrogen-bond acceptors (Lipinski definition) is 3. The average molecular weight is 299 g/mol. The molecule has 0 spiro atoms. The van der Waals surface area contributed by atoms with E-state index in [2.05, 4.69) is 11.0 Å². The molecule has 1 fully saturated rings. The molecule has 0 bridgehead atoms. The normalized spacial score (nSPS) is 14.8. The largest absolute Gasteiger partial charge is 0.368 e. The van der Waals surface area contributed by atoms with Gasteiger partial charge in [-0.25, -0.2) is 8.78 Å². The lowest BCUT2D eigenvalue weighted by Crippen LogP contribution is -2.46. The third-order valence-corrected chi connectivity index (χ3v) is 3.89. The second kappa shape index (κ2) is 6.02. The molecule has 0 aliphatic carbocycles. The highest BCUT2D eigenvalue weighted by Gasteiger charge is 2.20. The zero-order chi connectivity index (χ0) is 15.5. The van der Waals surface area contributed by atoms with Crippen LogP contribution in [0.3, 0.4) is 0 Å². The van der Waals surface area contributed by atoms with Gasteiger partial charge in [0.05, 0.1) is 17.3 Å². The van der Waals surface area contributed by atoms with E-state index in [-0.39, 0.29) is 0 Å². The summed E-state index contributed by atoms with van der Waals surface area (Å²) in [5.74, 6) is -0.820. The maximum atomic E-state index is 13.8. The predicted octanol–water partition coefficient (Wildman–Crippen LogP) is 3.16.